The molecule has 0 saturated carbocycles. The van der Waals surface area contributed by atoms with Gasteiger partial charge in [-0.2, -0.15) is 5.10 Å². The third-order valence-electron chi connectivity index (χ3n) is 2.00. The molecule has 0 aliphatic heterocycles. The highest BCUT2D eigenvalue weighted by atomic mass is 35.5. The summed E-state index contributed by atoms with van der Waals surface area (Å²) in [5.41, 5.74) is 0.797. The minimum Gasteiger partial charge on any atom is -0.496 e. The zero-order valence-electron chi connectivity index (χ0n) is 8.44. The number of rotatable bonds is 2. The fraction of sp³-hybridized carbons (Fsp3) is 0.200. The van der Waals surface area contributed by atoms with Gasteiger partial charge in [-0.25, -0.2) is 4.98 Å². The summed E-state index contributed by atoms with van der Waals surface area (Å²) < 4.78 is 6.85. The number of hydrogen-bond donors (Lipinski definition) is 0. The Balaban J connectivity index is 2.55. The number of ether oxygens (including phenoxy) is 1. The summed E-state index contributed by atoms with van der Waals surface area (Å²) in [4.78, 5) is 4.15. The summed E-state index contributed by atoms with van der Waals surface area (Å²) in [6.07, 6.45) is 1.63. The summed E-state index contributed by atoms with van der Waals surface area (Å²) in [7, 11) is 3.42. The van der Waals surface area contributed by atoms with E-state index < -0.39 is 0 Å². The Bertz CT molecular complexity index is 481. The predicted octanol–water partition coefficient (Wildman–Crippen LogP) is 2.14. The van der Waals surface area contributed by atoms with Crippen LogP contribution in [0.3, 0.4) is 0 Å². The van der Waals surface area contributed by atoms with Gasteiger partial charge in [-0.05, 0) is 18.2 Å². The van der Waals surface area contributed by atoms with Gasteiger partial charge in [0.2, 0.25) is 0 Å². The molecular weight excluding hydrogens is 214 g/mol. The van der Waals surface area contributed by atoms with E-state index in [9.17, 15) is 0 Å². The lowest BCUT2D eigenvalue weighted by Gasteiger charge is -2.05. The number of aromatic nitrogens is 3. The molecule has 0 amide bonds. The molecule has 1 aromatic heterocycles. The molecule has 5 heteroatoms. The maximum absolute atomic E-state index is 5.91. The number of nitrogens with zero attached hydrogens (tertiary/aromatic N) is 3. The van der Waals surface area contributed by atoms with Gasteiger partial charge in [-0.3, -0.25) is 4.68 Å². The Morgan fingerprint density at radius 2 is 2.20 bits per heavy atom. The van der Waals surface area contributed by atoms with Gasteiger partial charge in [-0.1, -0.05) is 11.6 Å². The summed E-state index contributed by atoms with van der Waals surface area (Å²) in [6.45, 7) is 0. The van der Waals surface area contributed by atoms with E-state index in [1.54, 1.807) is 36.3 Å². The van der Waals surface area contributed by atoms with Crippen LogP contribution in [0.5, 0.6) is 5.75 Å². The first-order valence-electron chi connectivity index (χ1n) is 4.40. The normalized spacial score (nSPS) is 10.3. The van der Waals surface area contributed by atoms with Gasteiger partial charge in [0.25, 0.3) is 0 Å². The summed E-state index contributed by atoms with van der Waals surface area (Å²) >= 11 is 5.91. The smallest absolute Gasteiger partial charge is 0.184 e. The van der Waals surface area contributed by atoms with Crippen molar-refractivity contribution in [1.29, 1.82) is 0 Å². The molecule has 0 aliphatic carbocycles. The number of halogens is 1. The van der Waals surface area contributed by atoms with Crippen LogP contribution in [0.2, 0.25) is 5.02 Å². The van der Waals surface area contributed by atoms with E-state index in [4.69, 9.17) is 16.3 Å². The zero-order chi connectivity index (χ0) is 10.8. The second-order valence-corrected chi connectivity index (χ2v) is 3.52. The highest BCUT2D eigenvalue weighted by Crippen LogP contribution is 2.29. The van der Waals surface area contributed by atoms with Crippen molar-refractivity contribution in [1.82, 2.24) is 14.8 Å². The molecule has 0 radical (unpaired) electrons. The lowest BCUT2D eigenvalue weighted by atomic mass is 10.2. The Morgan fingerprint density at radius 3 is 2.80 bits per heavy atom. The highest BCUT2D eigenvalue weighted by Gasteiger charge is 2.10. The van der Waals surface area contributed by atoms with Crippen molar-refractivity contribution >= 4 is 11.6 Å². The van der Waals surface area contributed by atoms with Crippen molar-refractivity contribution in [2.45, 2.75) is 0 Å². The Morgan fingerprint density at radius 1 is 1.40 bits per heavy atom. The van der Waals surface area contributed by atoms with Crippen LogP contribution in [0.25, 0.3) is 11.4 Å². The van der Waals surface area contributed by atoms with E-state index >= 15 is 0 Å². The maximum Gasteiger partial charge on any atom is 0.184 e. The van der Waals surface area contributed by atoms with Crippen molar-refractivity contribution in [3.8, 4) is 17.1 Å². The van der Waals surface area contributed by atoms with Crippen LogP contribution < -0.4 is 4.74 Å². The molecule has 1 heterocycles. The van der Waals surface area contributed by atoms with E-state index in [0.29, 0.717) is 16.6 Å². The minimum atomic E-state index is 0.608. The standard InChI is InChI=1S/C10H10ClN3O/c1-14-6-12-10(13-14)8-5-7(11)3-4-9(8)15-2/h3-6H,1-2H3. The quantitative estimate of drug-likeness (QED) is 0.783. The van der Waals surface area contributed by atoms with Crippen molar-refractivity contribution < 1.29 is 4.74 Å². The van der Waals surface area contributed by atoms with Gasteiger partial charge in [0.1, 0.15) is 12.1 Å². The Hall–Kier alpha value is -1.55. The Labute approximate surface area is 92.5 Å². The average Bonchev–Trinajstić information content (AvgIpc) is 2.65. The number of aryl methyl sites for hydroxylation is 1. The molecule has 2 rings (SSSR count). The van der Waals surface area contributed by atoms with E-state index in [0.717, 1.165) is 5.56 Å². The van der Waals surface area contributed by atoms with Gasteiger partial charge in [-0.15, -0.1) is 0 Å². The van der Waals surface area contributed by atoms with Crippen molar-refractivity contribution in [2.24, 2.45) is 7.05 Å². The lowest BCUT2D eigenvalue weighted by Crippen LogP contribution is -1.91. The first kappa shape index (κ1) is 9.98. The minimum absolute atomic E-state index is 0.608. The molecule has 0 spiro atoms. The fourth-order valence-corrected chi connectivity index (χ4v) is 1.49. The number of methoxy groups -OCH3 is 1. The van der Waals surface area contributed by atoms with Gasteiger partial charge >= 0.3 is 0 Å². The van der Waals surface area contributed by atoms with E-state index in [2.05, 4.69) is 10.1 Å². The van der Waals surface area contributed by atoms with E-state index in [-0.39, 0.29) is 0 Å². The van der Waals surface area contributed by atoms with Crippen molar-refractivity contribution in [3.05, 3.63) is 29.5 Å². The largest absolute Gasteiger partial charge is 0.496 e. The van der Waals surface area contributed by atoms with Crippen LogP contribution in [0.1, 0.15) is 0 Å². The van der Waals surface area contributed by atoms with Gasteiger partial charge in [0.05, 0.1) is 12.7 Å². The van der Waals surface area contributed by atoms with Crippen LogP contribution in [0, 0.1) is 0 Å². The van der Waals surface area contributed by atoms with E-state index in [1.165, 1.54) is 0 Å². The molecule has 0 unspecified atom stereocenters. The van der Waals surface area contributed by atoms with Crippen LogP contribution in [0.4, 0.5) is 0 Å². The average molecular weight is 224 g/mol. The zero-order valence-corrected chi connectivity index (χ0v) is 9.19. The molecule has 0 fully saturated rings. The molecule has 0 atom stereocenters. The Kier molecular flexibility index (Phi) is 2.60. The van der Waals surface area contributed by atoms with E-state index in [1.807, 2.05) is 7.05 Å². The van der Waals surface area contributed by atoms with Crippen LogP contribution in [-0.2, 0) is 7.05 Å². The van der Waals surface area contributed by atoms with Crippen molar-refractivity contribution in [3.63, 3.8) is 0 Å². The molecular formula is C10H10ClN3O. The van der Waals surface area contributed by atoms with Gasteiger partial charge < -0.3 is 4.74 Å². The molecule has 4 nitrogen and oxygen atoms in total. The molecule has 2 aromatic rings. The maximum atomic E-state index is 5.91. The van der Waals surface area contributed by atoms with Crippen molar-refractivity contribution in [2.75, 3.05) is 7.11 Å². The highest BCUT2D eigenvalue weighted by molar-refractivity contribution is 6.30. The fourth-order valence-electron chi connectivity index (χ4n) is 1.32. The first-order chi connectivity index (χ1) is 7.20. The molecule has 15 heavy (non-hydrogen) atoms. The second kappa shape index (κ2) is 3.90. The molecule has 0 saturated heterocycles. The lowest BCUT2D eigenvalue weighted by molar-refractivity contribution is 0.416. The number of hydrogen-bond acceptors (Lipinski definition) is 3. The molecule has 0 N–H and O–H groups in total. The monoisotopic (exact) mass is 223 g/mol. The SMILES string of the molecule is COc1ccc(Cl)cc1-c1ncn(C)n1. The summed E-state index contributed by atoms with van der Waals surface area (Å²) in [6, 6.07) is 5.36. The van der Waals surface area contributed by atoms with Gasteiger partial charge in [0, 0.05) is 12.1 Å². The second-order valence-electron chi connectivity index (χ2n) is 3.09. The molecule has 78 valence electrons. The van der Waals surface area contributed by atoms with Gasteiger partial charge in [0.15, 0.2) is 5.82 Å². The third-order valence-corrected chi connectivity index (χ3v) is 2.24. The van der Waals surface area contributed by atoms with Crippen LogP contribution in [-0.4, -0.2) is 21.9 Å². The molecule has 0 aliphatic rings. The predicted molar refractivity (Wildman–Crippen MR) is 58.0 cm³/mol. The first-order valence-corrected chi connectivity index (χ1v) is 4.78. The third kappa shape index (κ3) is 1.94. The summed E-state index contributed by atoms with van der Waals surface area (Å²) in [5.74, 6) is 1.32. The molecule has 1 aromatic carbocycles. The topological polar surface area (TPSA) is 39.9 Å². The number of benzene rings is 1. The van der Waals surface area contributed by atoms with Crippen LogP contribution in [0.15, 0.2) is 24.5 Å². The molecule has 0 bridgehead atoms. The summed E-state index contributed by atoms with van der Waals surface area (Å²) in [5, 5.41) is 4.83. The van der Waals surface area contributed by atoms with Crippen LogP contribution >= 0.6 is 11.6 Å².